The first-order valence-corrected chi connectivity index (χ1v) is 11.9. The Labute approximate surface area is 200 Å². The van der Waals surface area contributed by atoms with Gasteiger partial charge in [0.15, 0.2) is 0 Å². The second-order valence-electron chi connectivity index (χ2n) is 8.97. The van der Waals surface area contributed by atoms with Crippen LogP contribution in [0.1, 0.15) is 63.1 Å². The van der Waals surface area contributed by atoms with Crippen molar-refractivity contribution in [1.82, 2.24) is 9.97 Å². The minimum atomic E-state index is -4.58. The molecule has 0 saturated carbocycles. The third-order valence-electron chi connectivity index (χ3n) is 5.52. The molecule has 0 unspecified atom stereocenters. The number of unbranched alkanes of at least 4 members (excludes halogenated alkanes) is 3. The number of halogens is 3. The molecule has 0 amide bonds. The van der Waals surface area contributed by atoms with Crippen LogP contribution in [-0.4, -0.2) is 9.97 Å². The van der Waals surface area contributed by atoms with Gasteiger partial charge in [-0.15, -0.1) is 0 Å². The fraction of sp³-hybridized carbons (Fsp3) is 0.407. The summed E-state index contributed by atoms with van der Waals surface area (Å²) in [6, 6.07) is 15.2. The van der Waals surface area contributed by atoms with E-state index >= 15 is 0 Å². The number of aromatic nitrogens is 2. The molecule has 1 aromatic heterocycles. The third kappa shape index (κ3) is 7.47. The smallest absolute Gasteiger partial charge is 0.339 e. The summed E-state index contributed by atoms with van der Waals surface area (Å²) in [6.07, 6.45) is 2.81. The molecule has 7 heteroatoms. The van der Waals surface area contributed by atoms with Crippen LogP contribution in [0.25, 0.3) is 0 Å². The van der Waals surface area contributed by atoms with E-state index in [-0.39, 0.29) is 11.8 Å². The largest absolute Gasteiger partial charge is 0.421 e. The highest BCUT2D eigenvalue weighted by Crippen LogP contribution is 2.36. The lowest BCUT2D eigenvalue weighted by Gasteiger charge is -2.17. The van der Waals surface area contributed by atoms with Crippen molar-refractivity contribution in [2.75, 3.05) is 10.6 Å². The SMILES string of the molecule is CCCCCCc1ccc(Nc2ncc(C(F)(F)F)c(Nc3ccccc3CC(C)C)n2)cc1. The summed E-state index contributed by atoms with van der Waals surface area (Å²) in [5.41, 5.74) is 2.61. The highest BCUT2D eigenvalue weighted by atomic mass is 19.4. The fourth-order valence-corrected chi connectivity index (χ4v) is 3.77. The van der Waals surface area contributed by atoms with Gasteiger partial charge in [-0.25, -0.2) is 4.98 Å². The molecule has 0 saturated heterocycles. The zero-order valence-corrected chi connectivity index (χ0v) is 20.0. The molecule has 0 atom stereocenters. The van der Waals surface area contributed by atoms with Crippen molar-refractivity contribution in [2.24, 2.45) is 5.92 Å². The highest BCUT2D eigenvalue weighted by molar-refractivity contribution is 5.65. The van der Waals surface area contributed by atoms with Crippen LogP contribution in [0.15, 0.2) is 54.7 Å². The molecule has 2 aromatic carbocycles. The molecule has 0 aliphatic heterocycles. The van der Waals surface area contributed by atoms with Gasteiger partial charge in [0.1, 0.15) is 11.4 Å². The number of rotatable bonds is 11. The summed E-state index contributed by atoms with van der Waals surface area (Å²) in [7, 11) is 0. The first kappa shape index (κ1) is 25.5. The number of aryl methyl sites for hydroxylation is 1. The number of anilines is 4. The van der Waals surface area contributed by atoms with Gasteiger partial charge in [0.2, 0.25) is 5.95 Å². The molecule has 0 radical (unpaired) electrons. The van der Waals surface area contributed by atoms with Crippen LogP contribution in [0.2, 0.25) is 0 Å². The van der Waals surface area contributed by atoms with E-state index < -0.39 is 11.7 Å². The van der Waals surface area contributed by atoms with Crippen LogP contribution in [0.3, 0.4) is 0 Å². The summed E-state index contributed by atoms with van der Waals surface area (Å²) < 4.78 is 41.0. The molecule has 4 nitrogen and oxygen atoms in total. The van der Waals surface area contributed by atoms with Crippen LogP contribution in [0.5, 0.6) is 0 Å². The van der Waals surface area contributed by atoms with Gasteiger partial charge in [0.25, 0.3) is 0 Å². The predicted octanol–water partition coefficient (Wildman–Crippen LogP) is 8.30. The molecule has 0 fully saturated rings. The van der Waals surface area contributed by atoms with Crippen molar-refractivity contribution in [1.29, 1.82) is 0 Å². The average molecular weight is 471 g/mol. The van der Waals surface area contributed by atoms with Gasteiger partial charge in [-0.1, -0.05) is 70.4 Å². The molecule has 0 aliphatic rings. The van der Waals surface area contributed by atoms with E-state index in [1.54, 1.807) is 12.1 Å². The third-order valence-corrected chi connectivity index (χ3v) is 5.52. The second-order valence-corrected chi connectivity index (χ2v) is 8.97. The summed E-state index contributed by atoms with van der Waals surface area (Å²) in [5, 5.41) is 5.94. The Balaban J connectivity index is 1.80. The molecule has 3 rings (SSSR count). The van der Waals surface area contributed by atoms with Gasteiger partial charge < -0.3 is 10.6 Å². The summed E-state index contributed by atoms with van der Waals surface area (Å²) in [6.45, 7) is 6.33. The quantitative estimate of drug-likeness (QED) is 0.277. The van der Waals surface area contributed by atoms with Crippen LogP contribution in [0, 0.1) is 5.92 Å². The topological polar surface area (TPSA) is 49.8 Å². The van der Waals surface area contributed by atoms with Gasteiger partial charge in [-0.05, 0) is 54.5 Å². The Bertz CT molecular complexity index is 1050. The minimum Gasteiger partial charge on any atom is -0.339 e. The maximum atomic E-state index is 13.7. The van der Waals surface area contributed by atoms with Gasteiger partial charge in [0.05, 0.1) is 0 Å². The highest BCUT2D eigenvalue weighted by Gasteiger charge is 2.35. The fourth-order valence-electron chi connectivity index (χ4n) is 3.77. The number of hydrogen-bond acceptors (Lipinski definition) is 4. The van der Waals surface area contributed by atoms with Gasteiger partial charge in [-0.2, -0.15) is 18.2 Å². The Hall–Kier alpha value is -3.09. The van der Waals surface area contributed by atoms with E-state index in [0.717, 1.165) is 36.7 Å². The van der Waals surface area contributed by atoms with Crippen LogP contribution in [-0.2, 0) is 19.0 Å². The molecule has 182 valence electrons. The van der Waals surface area contributed by atoms with Crippen LogP contribution < -0.4 is 10.6 Å². The van der Waals surface area contributed by atoms with E-state index in [1.807, 2.05) is 36.4 Å². The van der Waals surface area contributed by atoms with Crippen molar-refractivity contribution < 1.29 is 13.2 Å². The first-order valence-electron chi connectivity index (χ1n) is 11.9. The molecule has 1 heterocycles. The van der Waals surface area contributed by atoms with Crippen molar-refractivity contribution in [3.8, 4) is 0 Å². The number of nitrogens with zero attached hydrogens (tertiary/aromatic N) is 2. The van der Waals surface area contributed by atoms with Crippen LogP contribution in [0.4, 0.5) is 36.3 Å². The lowest BCUT2D eigenvalue weighted by Crippen LogP contribution is -2.13. The maximum absolute atomic E-state index is 13.7. The zero-order chi connectivity index (χ0) is 24.6. The van der Waals surface area contributed by atoms with E-state index in [0.29, 0.717) is 11.6 Å². The second kappa shape index (κ2) is 11.9. The Kier molecular flexibility index (Phi) is 8.91. The van der Waals surface area contributed by atoms with Crippen molar-refractivity contribution >= 4 is 23.1 Å². The molecular weight excluding hydrogens is 437 g/mol. The summed E-state index contributed by atoms with van der Waals surface area (Å²) >= 11 is 0. The minimum absolute atomic E-state index is 0.104. The maximum Gasteiger partial charge on any atom is 0.421 e. The molecule has 2 N–H and O–H groups in total. The van der Waals surface area contributed by atoms with Gasteiger partial charge in [0, 0.05) is 17.6 Å². The summed E-state index contributed by atoms with van der Waals surface area (Å²) in [5.74, 6) is 0.198. The first-order chi connectivity index (χ1) is 16.3. The van der Waals surface area contributed by atoms with Crippen molar-refractivity contribution in [3.63, 3.8) is 0 Å². The van der Waals surface area contributed by atoms with Gasteiger partial charge in [-0.3, -0.25) is 0 Å². The number of benzene rings is 2. The number of nitrogens with one attached hydrogen (secondary N) is 2. The lowest BCUT2D eigenvalue weighted by atomic mass is 10.0. The predicted molar refractivity (Wildman–Crippen MR) is 133 cm³/mol. The van der Waals surface area contributed by atoms with E-state index in [9.17, 15) is 13.2 Å². The van der Waals surface area contributed by atoms with E-state index in [4.69, 9.17) is 0 Å². The number of hydrogen-bond donors (Lipinski definition) is 2. The molecule has 34 heavy (non-hydrogen) atoms. The molecule has 0 aliphatic carbocycles. The standard InChI is InChI=1S/C27H33F3N4/c1-4-5-6-7-10-20-13-15-22(16-14-20)32-26-31-18-23(27(28,29)30)25(34-26)33-24-12-9-8-11-21(24)17-19(2)3/h8-9,11-16,18-19H,4-7,10,17H2,1-3H3,(H2,31,32,33,34). The zero-order valence-electron chi connectivity index (χ0n) is 20.0. The van der Waals surface area contributed by atoms with Crippen molar-refractivity contribution in [3.05, 3.63) is 71.4 Å². The van der Waals surface area contributed by atoms with Crippen molar-refractivity contribution in [2.45, 2.75) is 65.5 Å². The Morgan fingerprint density at radius 1 is 0.912 bits per heavy atom. The van der Waals surface area contributed by atoms with E-state index in [1.165, 1.54) is 24.8 Å². The van der Waals surface area contributed by atoms with Crippen LogP contribution >= 0.6 is 0 Å². The Morgan fingerprint density at radius 2 is 1.65 bits per heavy atom. The molecule has 3 aromatic rings. The number of alkyl halides is 3. The molecule has 0 spiro atoms. The normalized spacial score (nSPS) is 11.6. The molecular formula is C27H33F3N4. The van der Waals surface area contributed by atoms with E-state index in [2.05, 4.69) is 41.4 Å². The average Bonchev–Trinajstić information content (AvgIpc) is 2.78. The number of para-hydroxylation sites is 1. The lowest BCUT2D eigenvalue weighted by molar-refractivity contribution is -0.137. The van der Waals surface area contributed by atoms with Gasteiger partial charge >= 0.3 is 6.18 Å². The monoisotopic (exact) mass is 470 g/mol. The molecule has 0 bridgehead atoms. The summed E-state index contributed by atoms with van der Waals surface area (Å²) in [4.78, 5) is 8.11. The Morgan fingerprint density at radius 3 is 2.32 bits per heavy atom.